The summed E-state index contributed by atoms with van der Waals surface area (Å²) in [4.78, 5) is 24.3. The summed E-state index contributed by atoms with van der Waals surface area (Å²) in [7, 11) is 0. The predicted molar refractivity (Wildman–Crippen MR) is 62.8 cm³/mol. The average Bonchev–Trinajstić information content (AvgIpc) is 2.14. The maximum absolute atomic E-state index is 11.9. The molecule has 1 heterocycles. The first kappa shape index (κ1) is 13.8. The Kier molecular flexibility index (Phi) is 4.01. The van der Waals surface area contributed by atoms with E-state index in [1.807, 2.05) is 6.92 Å². The van der Waals surface area contributed by atoms with Gasteiger partial charge in [-0.1, -0.05) is 6.92 Å². The highest BCUT2D eigenvalue weighted by Crippen LogP contribution is 2.24. The number of carbonyl (C=O) groups is 2. The largest absolute Gasteiger partial charge is 0.480 e. The van der Waals surface area contributed by atoms with Crippen molar-refractivity contribution >= 4 is 12.1 Å². The summed E-state index contributed by atoms with van der Waals surface area (Å²) < 4.78 is 5.22. The number of carboxylic acids is 1. The molecule has 0 radical (unpaired) electrons. The van der Waals surface area contributed by atoms with Crippen LogP contribution in [-0.4, -0.2) is 40.3 Å². The molecular weight excluding hydrogens is 222 g/mol. The zero-order chi connectivity index (χ0) is 13.2. The molecule has 98 valence electrons. The summed E-state index contributed by atoms with van der Waals surface area (Å²) >= 11 is 0. The zero-order valence-corrected chi connectivity index (χ0v) is 10.9. The van der Waals surface area contributed by atoms with Crippen LogP contribution in [0, 0.1) is 5.92 Å². The van der Waals surface area contributed by atoms with Gasteiger partial charge < -0.3 is 9.84 Å². The van der Waals surface area contributed by atoms with Crippen molar-refractivity contribution in [1.29, 1.82) is 0 Å². The van der Waals surface area contributed by atoms with E-state index in [0.29, 0.717) is 18.9 Å². The van der Waals surface area contributed by atoms with E-state index < -0.39 is 23.7 Å². The SMILES string of the molecule is C[C@H]1CCN(C(=O)OC(C)(C)C)[C@@H](C(=O)O)C1. The van der Waals surface area contributed by atoms with Gasteiger partial charge in [0, 0.05) is 6.54 Å². The third-order valence-electron chi connectivity index (χ3n) is 2.78. The molecule has 5 nitrogen and oxygen atoms in total. The van der Waals surface area contributed by atoms with Gasteiger partial charge in [-0.3, -0.25) is 4.90 Å². The highest BCUT2D eigenvalue weighted by Gasteiger charge is 2.36. The van der Waals surface area contributed by atoms with Gasteiger partial charge in [0.1, 0.15) is 11.6 Å². The minimum absolute atomic E-state index is 0.329. The maximum Gasteiger partial charge on any atom is 0.411 e. The van der Waals surface area contributed by atoms with Gasteiger partial charge in [-0.05, 0) is 39.5 Å². The number of rotatable bonds is 1. The number of carbonyl (C=O) groups excluding carboxylic acids is 1. The first-order chi connectivity index (χ1) is 7.70. The standard InChI is InChI=1S/C12H21NO4/c1-8-5-6-13(9(7-8)10(14)15)11(16)17-12(2,3)4/h8-9H,5-7H2,1-4H3,(H,14,15)/t8-,9+/m0/s1. The Morgan fingerprint density at radius 3 is 2.41 bits per heavy atom. The molecule has 1 aliphatic rings. The number of carboxylic acid groups (broad SMARTS) is 1. The lowest BCUT2D eigenvalue weighted by Crippen LogP contribution is -2.51. The molecule has 1 aliphatic heterocycles. The van der Waals surface area contributed by atoms with Crippen LogP contribution in [0.4, 0.5) is 4.79 Å². The van der Waals surface area contributed by atoms with E-state index in [-0.39, 0.29) is 0 Å². The minimum Gasteiger partial charge on any atom is -0.480 e. The summed E-state index contributed by atoms with van der Waals surface area (Å²) in [5.74, 6) is -0.628. The van der Waals surface area contributed by atoms with Crippen molar-refractivity contribution in [3.05, 3.63) is 0 Å². The van der Waals surface area contributed by atoms with Crippen molar-refractivity contribution in [2.24, 2.45) is 5.92 Å². The number of amides is 1. The quantitative estimate of drug-likeness (QED) is 0.766. The van der Waals surface area contributed by atoms with Crippen LogP contribution in [0.5, 0.6) is 0 Å². The molecular formula is C12H21NO4. The van der Waals surface area contributed by atoms with Gasteiger partial charge in [0.25, 0.3) is 0 Å². The fourth-order valence-electron chi connectivity index (χ4n) is 1.91. The molecule has 0 aromatic carbocycles. The molecule has 1 rings (SSSR count). The predicted octanol–water partition coefficient (Wildman–Crippen LogP) is 2.11. The van der Waals surface area contributed by atoms with E-state index >= 15 is 0 Å². The monoisotopic (exact) mass is 243 g/mol. The van der Waals surface area contributed by atoms with Gasteiger partial charge >= 0.3 is 12.1 Å². The highest BCUT2D eigenvalue weighted by atomic mass is 16.6. The molecule has 0 unspecified atom stereocenters. The lowest BCUT2D eigenvalue weighted by Gasteiger charge is -2.36. The molecule has 0 aromatic rings. The summed E-state index contributed by atoms with van der Waals surface area (Å²) in [6.07, 6.45) is 0.786. The van der Waals surface area contributed by atoms with Crippen molar-refractivity contribution in [3.63, 3.8) is 0 Å². The van der Waals surface area contributed by atoms with Crippen LogP contribution in [0.25, 0.3) is 0 Å². The van der Waals surface area contributed by atoms with Crippen molar-refractivity contribution < 1.29 is 19.4 Å². The number of nitrogens with zero attached hydrogens (tertiary/aromatic N) is 1. The second kappa shape index (κ2) is 4.94. The van der Waals surface area contributed by atoms with Gasteiger partial charge in [0.15, 0.2) is 0 Å². The van der Waals surface area contributed by atoms with E-state index in [2.05, 4.69) is 0 Å². The van der Waals surface area contributed by atoms with Crippen LogP contribution in [-0.2, 0) is 9.53 Å². The second-order valence-electron chi connectivity index (χ2n) is 5.66. The molecule has 0 aliphatic carbocycles. The molecule has 0 aromatic heterocycles. The second-order valence-corrected chi connectivity index (χ2v) is 5.66. The first-order valence-corrected chi connectivity index (χ1v) is 5.93. The smallest absolute Gasteiger partial charge is 0.411 e. The highest BCUT2D eigenvalue weighted by molar-refractivity contribution is 5.80. The van der Waals surface area contributed by atoms with Crippen LogP contribution in [0.1, 0.15) is 40.5 Å². The molecule has 0 spiro atoms. The average molecular weight is 243 g/mol. The van der Waals surface area contributed by atoms with Crippen LogP contribution in [0.15, 0.2) is 0 Å². The number of piperidine rings is 1. The lowest BCUT2D eigenvalue weighted by atomic mass is 9.93. The lowest BCUT2D eigenvalue weighted by molar-refractivity contribution is -0.145. The Hall–Kier alpha value is -1.26. The number of aliphatic carboxylic acids is 1. The number of likely N-dealkylation sites (tertiary alicyclic amines) is 1. The Morgan fingerprint density at radius 2 is 1.94 bits per heavy atom. The summed E-state index contributed by atoms with van der Waals surface area (Å²) in [6, 6.07) is -0.756. The van der Waals surface area contributed by atoms with Crippen LogP contribution < -0.4 is 0 Å². The summed E-state index contributed by atoms with van der Waals surface area (Å²) in [5.41, 5.74) is -0.594. The van der Waals surface area contributed by atoms with Crippen LogP contribution >= 0.6 is 0 Å². The van der Waals surface area contributed by atoms with Crippen molar-refractivity contribution in [2.75, 3.05) is 6.54 Å². The van der Waals surface area contributed by atoms with E-state index in [9.17, 15) is 9.59 Å². The van der Waals surface area contributed by atoms with Crippen molar-refractivity contribution in [1.82, 2.24) is 4.90 Å². The van der Waals surface area contributed by atoms with Crippen LogP contribution in [0.3, 0.4) is 0 Å². The van der Waals surface area contributed by atoms with E-state index in [4.69, 9.17) is 9.84 Å². The van der Waals surface area contributed by atoms with E-state index in [1.165, 1.54) is 4.90 Å². The molecule has 1 fully saturated rings. The third-order valence-corrected chi connectivity index (χ3v) is 2.78. The molecule has 0 saturated carbocycles. The minimum atomic E-state index is -0.956. The number of hydrogen-bond donors (Lipinski definition) is 1. The molecule has 5 heteroatoms. The Balaban J connectivity index is 2.73. The Bertz CT molecular complexity index is 308. The Labute approximate surface area is 102 Å². The van der Waals surface area contributed by atoms with E-state index in [1.54, 1.807) is 20.8 Å². The topological polar surface area (TPSA) is 66.8 Å². The summed E-state index contributed by atoms with van der Waals surface area (Å²) in [6.45, 7) is 7.77. The molecule has 2 atom stereocenters. The Morgan fingerprint density at radius 1 is 1.35 bits per heavy atom. The number of ether oxygens (including phenoxy) is 1. The normalized spacial score (nSPS) is 25.5. The first-order valence-electron chi connectivity index (χ1n) is 5.93. The molecule has 0 bridgehead atoms. The van der Waals surface area contributed by atoms with Crippen molar-refractivity contribution in [3.8, 4) is 0 Å². The maximum atomic E-state index is 11.9. The van der Waals surface area contributed by atoms with Gasteiger partial charge in [0.05, 0.1) is 0 Å². The van der Waals surface area contributed by atoms with Gasteiger partial charge in [-0.2, -0.15) is 0 Å². The number of hydrogen-bond acceptors (Lipinski definition) is 3. The molecule has 1 N–H and O–H groups in total. The van der Waals surface area contributed by atoms with Gasteiger partial charge in [-0.15, -0.1) is 0 Å². The van der Waals surface area contributed by atoms with Crippen molar-refractivity contribution in [2.45, 2.75) is 52.2 Å². The fourth-order valence-corrected chi connectivity index (χ4v) is 1.91. The summed E-state index contributed by atoms with van der Waals surface area (Å²) in [5, 5.41) is 9.12. The molecule has 1 saturated heterocycles. The van der Waals surface area contributed by atoms with Gasteiger partial charge in [-0.25, -0.2) is 9.59 Å². The molecule has 17 heavy (non-hydrogen) atoms. The third kappa shape index (κ3) is 3.91. The van der Waals surface area contributed by atoms with Gasteiger partial charge in [0.2, 0.25) is 0 Å². The van der Waals surface area contributed by atoms with E-state index in [0.717, 1.165) is 6.42 Å². The fraction of sp³-hybridized carbons (Fsp3) is 0.833. The van der Waals surface area contributed by atoms with Crippen LogP contribution in [0.2, 0.25) is 0 Å². The zero-order valence-electron chi connectivity index (χ0n) is 10.9. The molecule has 1 amide bonds.